The van der Waals surface area contributed by atoms with Gasteiger partial charge in [0.05, 0.1) is 13.2 Å². The third-order valence-corrected chi connectivity index (χ3v) is 4.69. The predicted molar refractivity (Wildman–Crippen MR) is 91.8 cm³/mol. The normalized spacial score (nSPS) is 15.5. The van der Waals surface area contributed by atoms with E-state index in [2.05, 4.69) is 15.2 Å². The summed E-state index contributed by atoms with van der Waals surface area (Å²) in [5.74, 6) is -0.0922. The van der Waals surface area contributed by atoms with Crippen LogP contribution in [0.3, 0.4) is 0 Å². The van der Waals surface area contributed by atoms with Gasteiger partial charge in [-0.15, -0.1) is 11.3 Å². The molecule has 0 saturated carbocycles. The predicted octanol–water partition coefficient (Wildman–Crippen LogP) is 2.26. The largest absolute Gasteiger partial charge is 0.379 e. The van der Waals surface area contributed by atoms with Crippen LogP contribution in [0.25, 0.3) is 10.6 Å². The standard InChI is InChI=1S/C17H21N3O2S/c21-16(18-7-4-8-20-9-11-22-12-10-20)15-13-23-17(19-15)14-5-2-1-3-6-14/h1-3,5-6,13H,4,7-12H2,(H,18,21). The fraction of sp³-hybridized carbons (Fsp3) is 0.412. The maximum Gasteiger partial charge on any atom is 0.270 e. The highest BCUT2D eigenvalue weighted by atomic mass is 32.1. The summed E-state index contributed by atoms with van der Waals surface area (Å²) in [6.45, 7) is 5.27. The van der Waals surface area contributed by atoms with Gasteiger partial charge in [-0.1, -0.05) is 30.3 Å². The number of morpholine rings is 1. The maximum atomic E-state index is 12.1. The first-order valence-corrected chi connectivity index (χ1v) is 8.80. The van der Waals surface area contributed by atoms with Crippen LogP contribution in [-0.4, -0.2) is 55.2 Å². The van der Waals surface area contributed by atoms with Gasteiger partial charge in [0.2, 0.25) is 0 Å². The molecular weight excluding hydrogens is 310 g/mol. The van der Waals surface area contributed by atoms with Crippen molar-refractivity contribution in [1.82, 2.24) is 15.2 Å². The highest BCUT2D eigenvalue weighted by molar-refractivity contribution is 7.13. The molecule has 1 aromatic carbocycles. The van der Waals surface area contributed by atoms with E-state index in [4.69, 9.17) is 4.74 Å². The minimum absolute atomic E-state index is 0.0922. The van der Waals surface area contributed by atoms with Gasteiger partial charge in [0.1, 0.15) is 10.7 Å². The van der Waals surface area contributed by atoms with Crippen LogP contribution in [0.4, 0.5) is 0 Å². The van der Waals surface area contributed by atoms with Crippen LogP contribution in [0.5, 0.6) is 0 Å². The third-order valence-electron chi connectivity index (χ3n) is 3.80. The van der Waals surface area contributed by atoms with Crippen molar-refractivity contribution in [3.63, 3.8) is 0 Å². The van der Waals surface area contributed by atoms with Crippen LogP contribution in [0.2, 0.25) is 0 Å². The van der Waals surface area contributed by atoms with Crippen LogP contribution < -0.4 is 5.32 Å². The van der Waals surface area contributed by atoms with Gasteiger partial charge in [-0.25, -0.2) is 4.98 Å². The van der Waals surface area contributed by atoms with Crippen molar-refractivity contribution in [2.75, 3.05) is 39.4 Å². The highest BCUT2D eigenvalue weighted by Gasteiger charge is 2.12. The second-order valence-corrected chi connectivity index (χ2v) is 6.33. The lowest BCUT2D eigenvalue weighted by atomic mass is 10.2. The average molecular weight is 331 g/mol. The van der Waals surface area contributed by atoms with Crippen molar-refractivity contribution in [2.45, 2.75) is 6.42 Å². The summed E-state index contributed by atoms with van der Waals surface area (Å²) in [5, 5.41) is 5.65. The van der Waals surface area contributed by atoms with Crippen molar-refractivity contribution in [2.24, 2.45) is 0 Å². The number of carbonyl (C=O) groups is 1. The summed E-state index contributed by atoms with van der Waals surface area (Å²) in [5.41, 5.74) is 1.55. The van der Waals surface area contributed by atoms with E-state index in [-0.39, 0.29) is 5.91 Å². The van der Waals surface area contributed by atoms with Gasteiger partial charge in [-0.3, -0.25) is 9.69 Å². The van der Waals surface area contributed by atoms with Gasteiger partial charge in [-0.05, 0) is 13.0 Å². The molecule has 2 aromatic rings. The molecule has 2 heterocycles. The zero-order valence-electron chi connectivity index (χ0n) is 13.0. The first kappa shape index (κ1) is 16.1. The van der Waals surface area contributed by atoms with Crippen molar-refractivity contribution >= 4 is 17.2 Å². The van der Waals surface area contributed by atoms with Crippen LogP contribution in [0.1, 0.15) is 16.9 Å². The highest BCUT2D eigenvalue weighted by Crippen LogP contribution is 2.23. The summed E-state index contributed by atoms with van der Waals surface area (Å²) < 4.78 is 5.32. The molecule has 0 bridgehead atoms. The van der Waals surface area contributed by atoms with Crippen LogP contribution in [0.15, 0.2) is 35.7 Å². The first-order valence-electron chi connectivity index (χ1n) is 7.92. The Bertz CT molecular complexity index is 624. The van der Waals surface area contributed by atoms with Gasteiger partial charge >= 0.3 is 0 Å². The fourth-order valence-electron chi connectivity index (χ4n) is 2.51. The smallest absolute Gasteiger partial charge is 0.270 e. The SMILES string of the molecule is O=C(NCCCN1CCOCC1)c1csc(-c2ccccc2)n1. The van der Waals surface area contributed by atoms with E-state index in [9.17, 15) is 4.79 Å². The minimum atomic E-state index is -0.0922. The second kappa shape index (κ2) is 8.19. The molecule has 1 N–H and O–H groups in total. The number of hydrogen-bond acceptors (Lipinski definition) is 5. The molecule has 1 amide bonds. The number of carbonyl (C=O) groups excluding carboxylic acids is 1. The Balaban J connectivity index is 1.44. The summed E-state index contributed by atoms with van der Waals surface area (Å²) >= 11 is 1.50. The molecule has 5 nitrogen and oxygen atoms in total. The lowest BCUT2D eigenvalue weighted by molar-refractivity contribution is 0.0374. The van der Waals surface area contributed by atoms with Gasteiger partial charge in [0.25, 0.3) is 5.91 Å². The molecular formula is C17H21N3O2S. The van der Waals surface area contributed by atoms with Gasteiger partial charge < -0.3 is 10.1 Å². The molecule has 1 aliphatic heterocycles. The summed E-state index contributed by atoms with van der Waals surface area (Å²) in [7, 11) is 0. The Labute approximate surface area is 140 Å². The number of aromatic nitrogens is 1. The molecule has 0 atom stereocenters. The van der Waals surface area contributed by atoms with Crippen molar-refractivity contribution in [1.29, 1.82) is 0 Å². The number of ether oxygens (including phenoxy) is 1. The Hall–Kier alpha value is -1.76. The van der Waals surface area contributed by atoms with E-state index >= 15 is 0 Å². The molecule has 1 fully saturated rings. The molecule has 1 saturated heterocycles. The van der Waals surface area contributed by atoms with E-state index in [0.717, 1.165) is 49.8 Å². The zero-order chi connectivity index (χ0) is 15.9. The van der Waals surface area contributed by atoms with E-state index < -0.39 is 0 Å². The molecule has 0 spiro atoms. The number of nitrogens with zero attached hydrogens (tertiary/aromatic N) is 2. The van der Waals surface area contributed by atoms with Crippen LogP contribution in [-0.2, 0) is 4.74 Å². The molecule has 0 radical (unpaired) electrons. The minimum Gasteiger partial charge on any atom is -0.379 e. The van der Waals surface area contributed by atoms with E-state index in [1.807, 2.05) is 35.7 Å². The lowest BCUT2D eigenvalue weighted by Gasteiger charge is -2.26. The van der Waals surface area contributed by atoms with Gasteiger partial charge in [-0.2, -0.15) is 0 Å². The van der Waals surface area contributed by atoms with Crippen LogP contribution >= 0.6 is 11.3 Å². The topological polar surface area (TPSA) is 54.5 Å². The number of benzene rings is 1. The number of rotatable bonds is 6. The van der Waals surface area contributed by atoms with E-state index in [1.54, 1.807) is 0 Å². The molecule has 1 aliphatic rings. The molecule has 3 rings (SSSR count). The Kier molecular flexibility index (Phi) is 5.74. The Morgan fingerprint density at radius 1 is 1.26 bits per heavy atom. The summed E-state index contributed by atoms with van der Waals surface area (Å²) in [6.07, 6.45) is 0.946. The van der Waals surface area contributed by atoms with Gasteiger partial charge in [0.15, 0.2) is 0 Å². The summed E-state index contributed by atoms with van der Waals surface area (Å²) in [6, 6.07) is 9.93. The van der Waals surface area contributed by atoms with Crippen molar-refractivity contribution < 1.29 is 9.53 Å². The van der Waals surface area contributed by atoms with Crippen molar-refractivity contribution in [3.8, 4) is 10.6 Å². The van der Waals surface area contributed by atoms with E-state index in [1.165, 1.54) is 11.3 Å². The molecule has 0 unspecified atom stereocenters. The average Bonchev–Trinajstić information content (AvgIpc) is 3.10. The lowest BCUT2D eigenvalue weighted by Crippen LogP contribution is -2.38. The number of nitrogens with one attached hydrogen (secondary N) is 1. The van der Waals surface area contributed by atoms with Gasteiger partial charge in [0, 0.05) is 30.6 Å². The third kappa shape index (κ3) is 4.60. The zero-order valence-corrected chi connectivity index (χ0v) is 13.8. The number of amides is 1. The second-order valence-electron chi connectivity index (χ2n) is 5.47. The molecule has 6 heteroatoms. The molecule has 0 aliphatic carbocycles. The number of hydrogen-bond donors (Lipinski definition) is 1. The fourth-order valence-corrected chi connectivity index (χ4v) is 3.32. The Morgan fingerprint density at radius 2 is 2.04 bits per heavy atom. The molecule has 1 aromatic heterocycles. The quantitative estimate of drug-likeness (QED) is 0.825. The Morgan fingerprint density at radius 3 is 2.83 bits per heavy atom. The monoisotopic (exact) mass is 331 g/mol. The van der Waals surface area contributed by atoms with Crippen molar-refractivity contribution in [3.05, 3.63) is 41.4 Å². The number of thiazole rings is 1. The maximum absolute atomic E-state index is 12.1. The molecule has 122 valence electrons. The van der Waals surface area contributed by atoms with E-state index in [0.29, 0.717) is 12.2 Å². The van der Waals surface area contributed by atoms with Crippen LogP contribution in [0, 0.1) is 0 Å². The summed E-state index contributed by atoms with van der Waals surface area (Å²) in [4.78, 5) is 18.9. The molecule has 23 heavy (non-hydrogen) atoms. The first-order chi connectivity index (χ1) is 11.3.